The maximum Gasteiger partial charge on any atom is 0.263 e. The molecule has 0 atom stereocenters. The highest BCUT2D eigenvalue weighted by molar-refractivity contribution is 7.92. The van der Waals surface area contributed by atoms with Crippen molar-refractivity contribution in [3.8, 4) is 0 Å². The summed E-state index contributed by atoms with van der Waals surface area (Å²) in [4.78, 5) is 5.43. The summed E-state index contributed by atoms with van der Waals surface area (Å²) >= 11 is 1.42. The van der Waals surface area contributed by atoms with Crippen LogP contribution in [0, 0.1) is 13.8 Å². The van der Waals surface area contributed by atoms with E-state index in [1.165, 1.54) is 11.3 Å². The number of thiophene rings is 1. The Morgan fingerprint density at radius 1 is 1.25 bits per heavy atom. The summed E-state index contributed by atoms with van der Waals surface area (Å²) < 4.78 is 27.1. The number of hydrogen-bond acceptors (Lipinski definition) is 5. The van der Waals surface area contributed by atoms with Crippen LogP contribution >= 0.6 is 11.3 Å². The van der Waals surface area contributed by atoms with Crippen molar-refractivity contribution in [2.75, 3.05) is 11.8 Å². The van der Waals surface area contributed by atoms with Gasteiger partial charge in [0, 0.05) is 22.5 Å². The molecule has 0 amide bonds. The van der Waals surface area contributed by atoms with Gasteiger partial charge in [0.1, 0.15) is 5.82 Å². The summed E-state index contributed by atoms with van der Waals surface area (Å²) in [7, 11) is -1.75. The van der Waals surface area contributed by atoms with Gasteiger partial charge in [-0.05, 0) is 44.7 Å². The minimum Gasteiger partial charge on any atom is -0.315 e. The van der Waals surface area contributed by atoms with Crippen molar-refractivity contribution < 1.29 is 8.42 Å². The Labute approximate surface area is 123 Å². The molecule has 2 N–H and O–H groups in total. The van der Waals surface area contributed by atoms with Crippen molar-refractivity contribution >= 4 is 27.2 Å². The molecule has 2 aromatic heterocycles. The molecule has 0 fully saturated rings. The zero-order valence-corrected chi connectivity index (χ0v) is 13.2. The van der Waals surface area contributed by atoms with Crippen molar-refractivity contribution in [1.82, 2.24) is 10.3 Å². The molecule has 0 aliphatic carbocycles. The Morgan fingerprint density at radius 3 is 2.65 bits per heavy atom. The fourth-order valence-electron chi connectivity index (χ4n) is 1.86. The van der Waals surface area contributed by atoms with Gasteiger partial charge in [0.05, 0.1) is 4.90 Å². The molecule has 0 spiro atoms. The summed E-state index contributed by atoms with van der Waals surface area (Å²) in [5.41, 5.74) is 1.75. The zero-order valence-electron chi connectivity index (χ0n) is 11.6. The molecule has 0 unspecified atom stereocenters. The van der Waals surface area contributed by atoms with Gasteiger partial charge in [-0.2, -0.15) is 0 Å². The number of aromatic nitrogens is 1. The van der Waals surface area contributed by atoms with Crippen molar-refractivity contribution in [2.45, 2.75) is 25.3 Å². The Morgan fingerprint density at radius 2 is 2.00 bits per heavy atom. The van der Waals surface area contributed by atoms with Crippen LogP contribution in [0.3, 0.4) is 0 Å². The molecule has 0 aliphatic heterocycles. The van der Waals surface area contributed by atoms with Gasteiger partial charge in [-0.3, -0.25) is 4.72 Å². The standard InChI is InChI=1S/C13H17N3O2S2/c1-9-4-10(2)15-13(5-9)16-20(17,18)12-6-11(7-14-3)19-8-12/h4-6,8,14H,7H2,1-3H3,(H,15,16). The number of rotatable bonds is 5. The molecule has 20 heavy (non-hydrogen) atoms. The second-order valence-corrected chi connectivity index (χ2v) is 7.23. The van der Waals surface area contributed by atoms with Crippen LogP contribution in [0.4, 0.5) is 5.82 Å². The lowest BCUT2D eigenvalue weighted by Gasteiger charge is -2.07. The quantitative estimate of drug-likeness (QED) is 0.888. The fourth-order valence-corrected chi connectivity index (χ4v) is 4.14. The topological polar surface area (TPSA) is 71.1 Å². The van der Waals surface area contributed by atoms with Crippen LogP contribution in [0.5, 0.6) is 0 Å². The largest absolute Gasteiger partial charge is 0.315 e. The van der Waals surface area contributed by atoms with Crippen molar-refractivity contribution in [3.05, 3.63) is 39.7 Å². The van der Waals surface area contributed by atoms with Crippen molar-refractivity contribution in [3.63, 3.8) is 0 Å². The number of aryl methyl sites for hydroxylation is 2. The van der Waals surface area contributed by atoms with Crippen LogP contribution in [0.1, 0.15) is 16.1 Å². The first-order valence-electron chi connectivity index (χ1n) is 6.11. The third-order valence-electron chi connectivity index (χ3n) is 2.63. The molecule has 0 radical (unpaired) electrons. The van der Waals surface area contributed by atoms with Crippen LogP contribution in [-0.4, -0.2) is 20.4 Å². The molecule has 2 rings (SSSR count). The van der Waals surface area contributed by atoms with Crippen molar-refractivity contribution in [2.24, 2.45) is 0 Å². The number of anilines is 1. The number of nitrogens with zero attached hydrogens (tertiary/aromatic N) is 1. The number of hydrogen-bond donors (Lipinski definition) is 2. The van der Waals surface area contributed by atoms with E-state index >= 15 is 0 Å². The van der Waals surface area contributed by atoms with Gasteiger partial charge in [0.15, 0.2) is 0 Å². The van der Waals surface area contributed by atoms with E-state index in [1.807, 2.05) is 27.0 Å². The molecule has 7 heteroatoms. The Hall–Kier alpha value is -1.44. The van der Waals surface area contributed by atoms with Crippen LogP contribution < -0.4 is 10.0 Å². The van der Waals surface area contributed by atoms with E-state index < -0.39 is 10.0 Å². The first-order valence-corrected chi connectivity index (χ1v) is 8.47. The maximum absolute atomic E-state index is 12.3. The lowest BCUT2D eigenvalue weighted by molar-refractivity contribution is 0.601. The fraction of sp³-hybridized carbons (Fsp3) is 0.308. The lowest BCUT2D eigenvalue weighted by atomic mass is 10.2. The minimum absolute atomic E-state index is 0.272. The monoisotopic (exact) mass is 311 g/mol. The molecular formula is C13H17N3O2S2. The van der Waals surface area contributed by atoms with E-state index in [2.05, 4.69) is 15.0 Å². The Kier molecular flexibility index (Phi) is 4.42. The first kappa shape index (κ1) is 15.0. The summed E-state index contributed by atoms with van der Waals surface area (Å²) in [6.45, 7) is 4.39. The molecule has 0 aromatic carbocycles. The molecular weight excluding hydrogens is 294 g/mol. The van der Waals surface area contributed by atoms with Crippen LogP contribution in [0.15, 0.2) is 28.5 Å². The van der Waals surface area contributed by atoms with E-state index in [0.29, 0.717) is 12.4 Å². The zero-order chi connectivity index (χ0) is 14.8. The van der Waals surface area contributed by atoms with E-state index in [4.69, 9.17) is 0 Å². The van der Waals surface area contributed by atoms with Gasteiger partial charge >= 0.3 is 0 Å². The highest BCUT2D eigenvalue weighted by Crippen LogP contribution is 2.21. The number of nitrogens with one attached hydrogen (secondary N) is 2. The van der Waals surface area contributed by atoms with E-state index in [-0.39, 0.29) is 4.90 Å². The third-order valence-corrected chi connectivity index (χ3v) is 5.05. The molecule has 0 saturated heterocycles. The summed E-state index contributed by atoms with van der Waals surface area (Å²) in [6, 6.07) is 5.28. The highest BCUT2D eigenvalue weighted by Gasteiger charge is 2.17. The van der Waals surface area contributed by atoms with Gasteiger partial charge in [0.25, 0.3) is 10.0 Å². The van der Waals surface area contributed by atoms with Gasteiger partial charge < -0.3 is 5.32 Å². The molecule has 0 aliphatic rings. The Balaban J connectivity index is 2.25. The smallest absolute Gasteiger partial charge is 0.263 e. The second-order valence-electron chi connectivity index (χ2n) is 4.56. The number of sulfonamides is 1. The maximum atomic E-state index is 12.3. The highest BCUT2D eigenvalue weighted by atomic mass is 32.2. The average molecular weight is 311 g/mol. The van der Waals surface area contributed by atoms with Crippen LogP contribution in [-0.2, 0) is 16.6 Å². The molecule has 2 aromatic rings. The number of pyridine rings is 1. The Bertz CT molecular complexity index is 688. The van der Waals surface area contributed by atoms with Crippen molar-refractivity contribution in [1.29, 1.82) is 0 Å². The van der Waals surface area contributed by atoms with Gasteiger partial charge in [-0.15, -0.1) is 11.3 Å². The normalized spacial score (nSPS) is 11.6. The van der Waals surface area contributed by atoms with E-state index in [9.17, 15) is 8.42 Å². The predicted molar refractivity (Wildman–Crippen MR) is 81.6 cm³/mol. The molecule has 0 bridgehead atoms. The minimum atomic E-state index is -3.57. The molecule has 0 saturated carbocycles. The van der Waals surface area contributed by atoms with Gasteiger partial charge in [-0.1, -0.05) is 0 Å². The van der Waals surface area contributed by atoms with E-state index in [1.54, 1.807) is 17.5 Å². The van der Waals surface area contributed by atoms with Crippen LogP contribution in [0.25, 0.3) is 0 Å². The average Bonchev–Trinajstić information content (AvgIpc) is 2.76. The van der Waals surface area contributed by atoms with Crippen LogP contribution in [0.2, 0.25) is 0 Å². The van der Waals surface area contributed by atoms with Gasteiger partial charge in [-0.25, -0.2) is 13.4 Å². The first-order chi connectivity index (χ1) is 9.40. The van der Waals surface area contributed by atoms with Gasteiger partial charge in [0.2, 0.25) is 0 Å². The van der Waals surface area contributed by atoms with E-state index in [0.717, 1.165) is 16.1 Å². The summed E-state index contributed by atoms with van der Waals surface area (Å²) in [5, 5.41) is 4.63. The second kappa shape index (κ2) is 5.90. The summed E-state index contributed by atoms with van der Waals surface area (Å²) in [6.07, 6.45) is 0. The molecule has 5 nitrogen and oxygen atoms in total. The molecule has 108 valence electrons. The third kappa shape index (κ3) is 3.56. The molecule has 2 heterocycles. The predicted octanol–water partition coefficient (Wildman–Crippen LogP) is 2.28. The lowest BCUT2D eigenvalue weighted by Crippen LogP contribution is -2.13. The SMILES string of the molecule is CNCc1cc(S(=O)(=O)Nc2cc(C)cc(C)n2)cs1. The summed E-state index contributed by atoms with van der Waals surface area (Å²) in [5.74, 6) is 0.351.